The van der Waals surface area contributed by atoms with Crippen LogP contribution in [0.2, 0.25) is 5.02 Å². The first-order valence-corrected chi connectivity index (χ1v) is 5.98. The summed E-state index contributed by atoms with van der Waals surface area (Å²) in [6.07, 6.45) is 1.29. The topological polar surface area (TPSA) is 78.8 Å². The second-order valence-electron chi connectivity index (χ2n) is 3.93. The van der Waals surface area contributed by atoms with E-state index in [-0.39, 0.29) is 22.5 Å². The summed E-state index contributed by atoms with van der Waals surface area (Å²) in [7, 11) is 1.46. The molecule has 0 saturated carbocycles. The fraction of sp³-hybridized carbons (Fsp3) is 0.0833. The number of nitrogens with zero attached hydrogens (tertiary/aromatic N) is 4. The van der Waals surface area contributed by atoms with Crippen molar-refractivity contribution in [3.8, 4) is 11.6 Å². The summed E-state index contributed by atoms with van der Waals surface area (Å²) < 4.78 is 20.6. The van der Waals surface area contributed by atoms with Gasteiger partial charge in [-0.15, -0.1) is 0 Å². The number of rotatable bonds is 2. The van der Waals surface area contributed by atoms with Crippen molar-refractivity contribution in [3.63, 3.8) is 0 Å². The van der Waals surface area contributed by atoms with Gasteiger partial charge in [0.1, 0.15) is 6.33 Å². The van der Waals surface area contributed by atoms with Gasteiger partial charge in [-0.3, -0.25) is 4.57 Å². The van der Waals surface area contributed by atoms with Crippen LogP contribution in [0.25, 0.3) is 16.9 Å². The number of anilines is 1. The van der Waals surface area contributed by atoms with Gasteiger partial charge in [0, 0.05) is 0 Å². The van der Waals surface area contributed by atoms with Crippen LogP contribution in [0.15, 0.2) is 24.5 Å². The number of hydrogen-bond donors (Lipinski definition) is 1. The van der Waals surface area contributed by atoms with E-state index < -0.39 is 5.82 Å². The third kappa shape index (κ3) is 1.75. The first-order chi connectivity index (χ1) is 9.63. The van der Waals surface area contributed by atoms with E-state index in [9.17, 15) is 4.39 Å². The fourth-order valence-electron chi connectivity index (χ4n) is 1.94. The van der Waals surface area contributed by atoms with Crippen molar-refractivity contribution in [2.75, 3.05) is 12.8 Å². The van der Waals surface area contributed by atoms with Gasteiger partial charge < -0.3 is 10.5 Å². The van der Waals surface area contributed by atoms with Crippen molar-refractivity contribution in [2.45, 2.75) is 0 Å². The molecule has 0 amide bonds. The minimum absolute atomic E-state index is 0.00947. The lowest BCUT2D eigenvalue weighted by Gasteiger charge is -2.07. The molecule has 8 heteroatoms. The molecule has 0 bridgehead atoms. The summed E-state index contributed by atoms with van der Waals surface area (Å²) in [6.45, 7) is 0. The third-order valence-corrected chi connectivity index (χ3v) is 3.09. The Kier molecular flexibility index (Phi) is 2.90. The molecule has 0 radical (unpaired) electrons. The summed E-state index contributed by atoms with van der Waals surface area (Å²) in [5, 5.41) is -0.00947. The van der Waals surface area contributed by atoms with E-state index in [1.807, 2.05) is 0 Å². The lowest BCUT2D eigenvalue weighted by atomic mass is 10.3. The molecule has 3 rings (SSSR count). The zero-order valence-corrected chi connectivity index (χ0v) is 11.1. The standard InChI is InChI=1S/C12H9ClFN5O/c1-20-11-9-10(16-5-17-11)19(12(15)18-9)7-4-2-3-6(13)8(7)14/h2-5H,1H3,(H2,15,18). The Morgan fingerprint density at radius 1 is 1.35 bits per heavy atom. The molecule has 102 valence electrons. The van der Waals surface area contributed by atoms with Crippen molar-refractivity contribution in [1.29, 1.82) is 0 Å². The van der Waals surface area contributed by atoms with E-state index in [0.717, 1.165) is 0 Å². The molecule has 6 nitrogen and oxygen atoms in total. The van der Waals surface area contributed by atoms with Crippen LogP contribution in [0.5, 0.6) is 5.88 Å². The molecule has 2 aromatic heterocycles. The maximum absolute atomic E-state index is 14.1. The zero-order valence-electron chi connectivity index (χ0n) is 10.3. The first kappa shape index (κ1) is 12.6. The van der Waals surface area contributed by atoms with Gasteiger partial charge >= 0.3 is 0 Å². The number of nitrogens with two attached hydrogens (primary N) is 1. The van der Waals surface area contributed by atoms with Crippen molar-refractivity contribution in [2.24, 2.45) is 0 Å². The average Bonchev–Trinajstić information content (AvgIpc) is 2.78. The lowest BCUT2D eigenvalue weighted by Crippen LogP contribution is -2.04. The van der Waals surface area contributed by atoms with Crippen LogP contribution in [-0.4, -0.2) is 26.6 Å². The Morgan fingerprint density at radius 3 is 2.90 bits per heavy atom. The molecule has 1 aromatic carbocycles. The highest BCUT2D eigenvalue weighted by Gasteiger charge is 2.19. The highest BCUT2D eigenvalue weighted by molar-refractivity contribution is 6.30. The Labute approximate surface area is 118 Å². The van der Waals surface area contributed by atoms with Gasteiger partial charge in [0.2, 0.25) is 11.8 Å². The minimum Gasteiger partial charge on any atom is -0.479 e. The van der Waals surface area contributed by atoms with E-state index in [1.165, 1.54) is 30.1 Å². The monoisotopic (exact) mass is 293 g/mol. The fourth-order valence-corrected chi connectivity index (χ4v) is 2.11. The molecule has 0 aliphatic heterocycles. The van der Waals surface area contributed by atoms with Crippen LogP contribution in [0.3, 0.4) is 0 Å². The van der Waals surface area contributed by atoms with Crippen molar-refractivity contribution in [3.05, 3.63) is 35.4 Å². The van der Waals surface area contributed by atoms with Crippen molar-refractivity contribution in [1.82, 2.24) is 19.5 Å². The predicted molar refractivity (Wildman–Crippen MR) is 72.6 cm³/mol. The van der Waals surface area contributed by atoms with Gasteiger partial charge in [-0.25, -0.2) is 14.4 Å². The molecule has 0 aliphatic rings. The Balaban J connectivity index is 2.37. The summed E-state index contributed by atoms with van der Waals surface area (Å²) >= 11 is 5.79. The molecular weight excluding hydrogens is 285 g/mol. The van der Waals surface area contributed by atoms with E-state index in [2.05, 4.69) is 15.0 Å². The third-order valence-electron chi connectivity index (χ3n) is 2.80. The number of fused-ring (bicyclic) bond motifs is 1. The van der Waals surface area contributed by atoms with Crippen molar-refractivity contribution < 1.29 is 9.13 Å². The molecule has 3 aromatic rings. The van der Waals surface area contributed by atoms with Gasteiger partial charge in [-0.1, -0.05) is 17.7 Å². The van der Waals surface area contributed by atoms with Crippen molar-refractivity contribution >= 4 is 28.7 Å². The number of imidazole rings is 1. The second-order valence-corrected chi connectivity index (χ2v) is 4.34. The molecule has 2 N–H and O–H groups in total. The van der Waals surface area contributed by atoms with Crippen LogP contribution in [0.1, 0.15) is 0 Å². The first-order valence-electron chi connectivity index (χ1n) is 5.60. The number of ether oxygens (including phenoxy) is 1. The lowest BCUT2D eigenvalue weighted by molar-refractivity contribution is 0.401. The molecule has 0 aliphatic carbocycles. The molecule has 0 unspecified atom stereocenters. The maximum Gasteiger partial charge on any atom is 0.245 e. The summed E-state index contributed by atoms with van der Waals surface area (Å²) in [5.74, 6) is -0.263. The van der Waals surface area contributed by atoms with E-state index in [0.29, 0.717) is 11.2 Å². The highest BCUT2D eigenvalue weighted by Crippen LogP contribution is 2.29. The highest BCUT2D eigenvalue weighted by atomic mass is 35.5. The van der Waals surface area contributed by atoms with E-state index >= 15 is 0 Å². The average molecular weight is 294 g/mol. The molecular formula is C12H9ClFN5O. The Morgan fingerprint density at radius 2 is 2.15 bits per heavy atom. The molecule has 0 spiro atoms. The van der Waals surface area contributed by atoms with E-state index in [4.69, 9.17) is 22.1 Å². The van der Waals surface area contributed by atoms with Gasteiger partial charge in [0.15, 0.2) is 17.0 Å². The Hall–Kier alpha value is -2.41. The maximum atomic E-state index is 14.1. The normalized spacial score (nSPS) is 10.9. The van der Waals surface area contributed by atoms with E-state index in [1.54, 1.807) is 6.07 Å². The molecule has 2 heterocycles. The van der Waals surface area contributed by atoms with Gasteiger partial charge in [0.25, 0.3) is 0 Å². The summed E-state index contributed by atoms with van der Waals surface area (Å²) in [5.41, 5.74) is 6.71. The predicted octanol–water partition coefficient (Wildman–Crippen LogP) is 2.20. The summed E-state index contributed by atoms with van der Waals surface area (Å²) in [6, 6.07) is 4.60. The number of aromatic nitrogens is 4. The Bertz CT molecular complexity index is 804. The smallest absolute Gasteiger partial charge is 0.245 e. The molecule has 0 saturated heterocycles. The number of hydrogen-bond acceptors (Lipinski definition) is 5. The number of benzene rings is 1. The van der Waals surface area contributed by atoms with Crippen LogP contribution in [0, 0.1) is 5.82 Å². The molecule has 0 atom stereocenters. The van der Waals surface area contributed by atoms with Crippen LogP contribution < -0.4 is 10.5 Å². The summed E-state index contributed by atoms with van der Waals surface area (Å²) in [4.78, 5) is 12.1. The minimum atomic E-state index is -0.599. The van der Waals surface area contributed by atoms with Gasteiger partial charge in [-0.2, -0.15) is 4.98 Å². The van der Waals surface area contributed by atoms with Gasteiger partial charge in [0.05, 0.1) is 17.8 Å². The van der Waals surface area contributed by atoms with Crippen LogP contribution >= 0.6 is 11.6 Å². The van der Waals surface area contributed by atoms with Crippen LogP contribution in [0.4, 0.5) is 10.3 Å². The largest absolute Gasteiger partial charge is 0.479 e. The second kappa shape index (κ2) is 4.61. The number of nitrogen functional groups attached to an aromatic ring is 1. The quantitative estimate of drug-likeness (QED) is 0.783. The van der Waals surface area contributed by atoms with Crippen LogP contribution in [-0.2, 0) is 0 Å². The molecule has 0 fully saturated rings. The number of methoxy groups -OCH3 is 1. The van der Waals surface area contributed by atoms with Gasteiger partial charge in [-0.05, 0) is 12.1 Å². The number of halogens is 2. The molecule has 20 heavy (non-hydrogen) atoms. The SMILES string of the molecule is COc1ncnc2c1nc(N)n2-c1cccc(Cl)c1F. The zero-order chi connectivity index (χ0) is 14.3.